The van der Waals surface area contributed by atoms with Crippen molar-refractivity contribution in [3.63, 3.8) is 0 Å². The maximum absolute atomic E-state index is 12.0. The number of hydrogen-bond acceptors (Lipinski definition) is 4. The van der Waals surface area contributed by atoms with Gasteiger partial charge >= 0.3 is 0 Å². The molecule has 0 radical (unpaired) electrons. The minimum atomic E-state index is -0.540. The first-order valence-corrected chi connectivity index (χ1v) is 8.89. The molecule has 3 aromatic carbocycles. The number of ether oxygens (including phenoxy) is 2. The minimum Gasteiger partial charge on any atom is -0.489 e. The van der Waals surface area contributed by atoms with Gasteiger partial charge in [0.05, 0.1) is 6.07 Å². The van der Waals surface area contributed by atoms with Crippen LogP contribution in [0.1, 0.15) is 22.8 Å². The number of benzene rings is 3. The number of nitriles is 1. The average molecular weight is 372 g/mol. The Bertz CT molecular complexity index is 963. The second-order valence-corrected chi connectivity index (χ2v) is 6.20. The maximum atomic E-state index is 12.0. The van der Waals surface area contributed by atoms with E-state index in [1.165, 1.54) is 0 Å². The van der Waals surface area contributed by atoms with Crippen LogP contribution in [-0.2, 0) is 6.61 Å². The van der Waals surface area contributed by atoms with Crippen molar-refractivity contribution in [3.8, 4) is 23.3 Å². The molecule has 1 N–H and O–H groups in total. The molecule has 0 fully saturated rings. The number of carbonyl (C=O) groups is 1. The maximum Gasteiger partial charge on any atom is 0.252 e. The monoisotopic (exact) mass is 372 g/mol. The molecule has 5 heteroatoms. The van der Waals surface area contributed by atoms with E-state index in [9.17, 15) is 4.79 Å². The number of hydrogen-bond donors (Lipinski definition) is 1. The summed E-state index contributed by atoms with van der Waals surface area (Å²) in [4.78, 5) is 12.0. The van der Waals surface area contributed by atoms with Gasteiger partial charge in [0, 0.05) is 11.6 Å². The quantitative estimate of drug-likeness (QED) is 0.652. The summed E-state index contributed by atoms with van der Waals surface area (Å²) >= 11 is 0. The van der Waals surface area contributed by atoms with Gasteiger partial charge in [-0.05, 0) is 48.9 Å². The molecule has 0 aliphatic carbocycles. The highest BCUT2D eigenvalue weighted by Gasteiger charge is 2.09. The molecule has 3 aromatic rings. The van der Waals surface area contributed by atoms with E-state index in [1.54, 1.807) is 31.2 Å². The van der Waals surface area contributed by atoms with Crippen LogP contribution in [0.3, 0.4) is 0 Å². The molecule has 0 bridgehead atoms. The molecule has 0 spiro atoms. The van der Waals surface area contributed by atoms with E-state index in [4.69, 9.17) is 14.7 Å². The summed E-state index contributed by atoms with van der Waals surface area (Å²) in [5.74, 6) is 1.66. The minimum absolute atomic E-state index is 0.295. The summed E-state index contributed by atoms with van der Waals surface area (Å²) in [6.07, 6.45) is 0. The van der Waals surface area contributed by atoms with Crippen LogP contribution in [0.4, 0.5) is 0 Å². The molecule has 1 amide bonds. The van der Waals surface area contributed by atoms with Crippen LogP contribution >= 0.6 is 0 Å². The van der Waals surface area contributed by atoms with Crippen LogP contribution in [0, 0.1) is 11.3 Å². The van der Waals surface area contributed by atoms with Crippen LogP contribution < -0.4 is 14.8 Å². The number of nitrogens with zero attached hydrogens (tertiary/aromatic N) is 1. The van der Waals surface area contributed by atoms with Crippen molar-refractivity contribution in [3.05, 3.63) is 90.0 Å². The molecule has 3 rings (SSSR count). The molecule has 140 valence electrons. The van der Waals surface area contributed by atoms with Gasteiger partial charge in [-0.25, -0.2) is 0 Å². The van der Waals surface area contributed by atoms with Gasteiger partial charge in [-0.1, -0.05) is 36.4 Å². The molecule has 0 aliphatic rings. The van der Waals surface area contributed by atoms with Crippen molar-refractivity contribution in [1.29, 1.82) is 5.26 Å². The Morgan fingerprint density at radius 3 is 2.39 bits per heavy atom. The Hall–Kier alpha value is -3.78. The van der Waals surface area contributed by atoms with Crippen LogP contribution in [0.15, 0.2) is 78.9 Å². The first-order valence-electron chi connectivity index (χ1n) is 8.89. The molecular weight excluding hydrogens is 352 g/mol. The summed E-state index contributed by atoms with van der Waals surface area (Å²) in [6.45, 7) is 2.11. The van der Waals surface area contributed by atoms with Crippen molar-refractivity contribution in [2.24, 2.45) is 0 Å². The predicted octanol–water partition coefficient (Wildman–Crippen LogP) is 4.70. The van der Waals surface area contributed by atoms with Crippen LogP contribution in [0.2, 0.25) is 0 Å². The SMILES string of the molecule is C[C@@H](C#N)NC(=O)c1ccc(Oc2cccc(OCc3ccccc3)c2)cc1. The Kier molecular flexibility index (Phi) is 6.27. The van der Waals surface area contributed by atoms with E-state index < -0.39 is 6.04 Å². The number of rotatable bonds is 7. The Balaban J connectivity index is 1.61. The third-order valence-electron chi connectivity index (χ3n) is 3.95. The summed E-state index contributed by atoms with van der Waals surface area (Å²) in [6, 6.07) is 25.5. The van der Waals surface area contributed by atoms with E-state index in [1.807, 2.05) is 60.7 Å². The fourth-order valence-electron chi connectivity index (χ4n) is 2.49. The van der Waals surface area contributed by atoms with Crippen LogP contribution in [0.25, 0.3) is 0 Å². The first-order chi connectivity index (χ1) is 13.6. The van der Waals surface area contributed by atoms with Gasteiger partial charge in [0.25, 0.3) is 5.91 Å². The van der Waals surface area contributed by atoms with Crippen molar-refractivity contribution in [2.75, 3.05) is 0 Å². The fourth-order valence-corrected chi connectivity index (χ4v) is 2.49. The van der Waals surface area contributed by atoms with Gasteiger partial charge < -0.3 is 14.8 Å². The molecule has 0 aromatic heterocycles. The lowest BCUT2D eigenvalue weighted by atomic mass is 10.2. The van der Waals surface area contributed by atoms with Gasteiger partial charge in [0.1, 0.15) is 29.9 Å². The normalized spacial score (nSPS) is 11.1. The lowest BCUT2D eigenvalue weighted by molar-refractivity contribution is 0.0948. The summed E-state index contributed by atoms with van der Waals surface area (Å²) in [5, 5.41) is 11.4. The second kappa shape index (κ2) is 9.24. The third-order valence-corrected chi connectivity index (χ3v) is 3.95. The largest absolute Gasteiger partial charge is 0.489 e. The molecule has 0 aliphatic heterocycles. The van der Waals surface area contributed by atoms with Crippen molar-refractivity contribution in [1.82, 2.24) is 5.32 Å². The Labute approximate surface area is 164 Å². The van der Waals surface area contributed by atoms with Crippen LogP contribution in [-0.4, -0.2) is 11.9 Å². The van der Waals surface area contributed by atoms with E-state index >= 15 is 0 Å². The molecular formula is C23H20N2O3. The van der Waals surface area contributed by atoms with Gasteiger partial charge in [-0.15, -0.1) is 0 Å². The lowest BCUT2D eigenvalue weighted by Gasteiger charge is -2.10. The van der Waals surface area contributed by atoms with E-state index in [0.717, 1.165) is 5.56 Å². The summed E-state index contributed by atoms with van der Waals surface area (Å²) in [5.41, 5.74) is 1.56. The zero-order valence-corrected chi connectivity index (χ0v) is 15.5. The van der Waals surface area contributed by atoms with E-state index in [2.05, 4.69) is 5.32 Å². The second-order valence-electron chi connectivity index (χ2n) is 6.20. The lowest BCUT2D eigenvalue weighted by Crippen LogP contribution is -2.31. The molecule has 28 heavy (non-hydrogen) atoms. The van der Waals surface area contributed by atoms with Crippen LogP contribution in [0.5, 0.6) is 17.2 Å². The zero-order chi connectivity index (χ0) is 19.8. The van der Waals surface area contributed by atoms with Crippen molar-refractivity contribution < 1.29 is 14.3 Å². The van der Waals surface area contributed by atoms with Gasteiger partial charge in [-0.2, -0.15) is 5.26 Å². The standard InChI is InChI=1S/C23H20N2O3/c1-17(15-24)25-23(26)19-10-12-20(13-11-19)28-22-9-5-8-21(14-22)27-16-18-6-3-2-4-7-18/h2-14,17H,16H2,1H3,(H,25,26)/t17-/m0/s1. The summed E-state index contributed by atoms with van der Waals surface area (Å²) < 4.78 is 11.7. The highest BCUT2D eigenvalue weighted by molar-refractivity contribution is 5.94. The Morgan fingerprint density at radius 1 is 0.964 bits per heavy atom. The van der Waals surface area contributed by atoms with Gasteiger partial charge in [0.15, 0.2) is 0 Å². The highest BCUT2D eigenvalue weighted by Crippen LogP contribution is 2.26. The zero-order valence-electron chi connectivity index (χ0n) is 15.5. The fraction of sp³-hybridized carbons (Fsp3) is 0.130. The van der Waals surface area contributed by atoms with E-state index in [0.29, 0.717) is 29.4 Å². The average Bonchev–Trinajstić information content (AvgIpc) is 2.73. The molecule has 1 atom stereocenters. The predicted molar refractivity (Wildman–Crippen MR) is 106 cm³/mol. The number of amides is 1. The molecule has 0 saturated heterocycles. The molecule has 0 unspecified atom stereocenters. The number of nitrogens with one attached hydrogen (secondary N) is 1. The van der Waals surface area contributed by atoms with Crippen molar-refractivity contribution in [2.45, 2.75) is 19.6 Å². The van der Waals surface area contributed by atoms with E-state index in [-0.39, 0.29) is 5.91 Å². The van der Waals surface area contributed by atoms with Gasteiger partial charge in [-0.3, -0.25) is 4.79 Å². The molecule has 0 heterocycles. The highest BCUT2D eigenvalue weighted by atomic mass is 16.5. The van der Waals surface area contributed by atoms with Gasteiger partial charge in [0.2, 0.25) is 0 Å². The Morgan fingerprint density at radius 2 is 1.68 bits per heavy atom. The first kappa shape index (κ1) is 19.0. The summed E-state index contributed by atoms with van der Waals surface area (Å²) in [7, 11) is 0. The molecule has 5 nitrogen and oxygen atoms in total. The topological polar surface area (TPSA) is 71.4 Å². The van der Waals surface area contributed by atoms with Crippen molar-refractivity contribution >= 4 is 5.91 Å². The molecule has 0 saturated carbocycles. The smallest absolute Gasteiger partial charge is 0.252 e. The third kappa shape index (κ3) is 5.36. The number of carbonyl (C=O) groups excluding carboxylic acids is 1.